The van der Waals surface area contributed by atoms with Gasteiger partial charge < -0.3 is 20.1 Å². The molecule has 0 atom stereocenters. The first-order valence-corrected chi connectivity index (χ1v) is 10.9. The zero-order valence-corrected chi connectivity index (χ0v) is 19.8. The highest BCUT2D eigenvalue weighted by molar-refractivity contribution is 9.10. The number of nitrogens with zero attached hydrogens (tertiary/aromatic N) is 5. The molecule has 0 spiro atoms. The van der Waals surface area contributed by atoms with Crippen LogP contribution in [0.4, 0.5) is 11.6 Å². The van der Waals surface area contributed by atoms with Crippen molar-refractivity contribution in [1.82, 2.24) is 24.8 Å². The molecule has 4 rings (SSSR count). The molecule has 9 nitrogen and oxygen atoms in total. The Morgan fingerprint density at radius 3 is 2.66 bits per heavy atom. The summed E-state index contributed by atoms with van der Waals surface area (Å²) in [5, 5.41) is 20.0. The summed E-state index contributed by atoms with van der Waals surface area (Å²) in [7, 11) is 3.27. The Morgan fingerprint density at radius 2 is 1.91 bits per heavy atom. The van der Waals surface area contributed by atoms with E-state index in [1.54, 1.807) is 24.9 Å². The first kappa shape index (κ1) is 21.8. The molecule has 0 amide bonds. The molecule has 4 aromatic rings. The third-order valence-corrected chi connectivity index (χ3v) is 5.17. The Morgan fingerprint density at radius 1 is 1.06 bits per heavy atom. The summed E-state index contributed by atoms with van der Waals surface area (Å²) in [6, 6.07) is 11.7. The van der Waals surface area contributed by atoms with Crippen LogP contribution in [0, 0.1) is 0 Å². The average molecular weight is 498 g/mol. The molecule has 166 valence electrons. The van der Waals surface area contributed by atoms with Crippen LogP contribution in [0.5, 0.6) is 11.5 Å². The van der Waals surface area contributed by atoms with Gasteiger partial charge in [0, 0.05) is 34.9 Å². The number of ether oxygens (including phenoxy) is 2. The monoisotopic (exact) mass is 497 g/mol. The Balaban J connectivity index is 1.69. The van der Waals surface area contributed by atoms with E-state index < -0.39 is 0 Å². The lowest BCUT2D eigenvalue weighted by Crippen LogP contribution is -2.12. The molecule has 0 aliphatic rings. The summed E-state index contributed by atoms with van der Waals surface area (Å²) in [5.74, 6) is 3.46. The van der Waals surface area contributed by atoms with Crippen LogP contribution in [0.1, 0.15) is 19.4 Å². The predicted octanol–water partition coefficient (Wildman–Crippen LogP) is 4.40. The highest BCUT2D eigenvalue weighted by Crippen LogP contribution is 2.30. The second-order valence-electron chi connectivity index (χ2n) is 7.39. The molecular formula is C22H24BrN7O2. The van der Waals surface area contributed by atoms with Crippen molar-refractivity contribution in [3.63, 3.8) is 0 Å². The highest BCUT2D eigenvalue weighted by Gasteiger charge is 2.17. The number of benzene rings is 1. The van der Waals surface area contributed by atoms with Gasteiger partial charge in [-0.2, -0.15) is 4.52 Å². The number of fused-ring (bicyclic) bond motifs is 1. The molecule has 3 aromatic heterocycles. The summed E-state index contributed by atoms with van der Waals surface area (Å²) < 4.78 is 13.3. The largest absolute Gasteiger partial charge is 0.497 e. The van der Waals surface area contributed by atoms with Crippen molar-refractivity contribution in [2.24, 2.45) is 0 Å². The molecule has 10 heteroatoms. The van der Waals surface area contributed by atoms with E-state index in [1.807, 2.05) is 36.4 Å². The second-order valence-corrected chi connectivity index (χ2v) is 8.31. The first-order valence-electron chi connectivity index (χ1n) is 10.1. The number of anilines is 2. The fraction of sp³-hybridized carbons (Fsp3) is 0.273. The van der Waals surface area contributed by atoms with Crippen molar-refractivity contribution < 1.29 is 9.47 Å². The SMILES string of the molecule is COc1ccc(CNc2ncc(Br)cc2-c2nnc3ccc(NC(C)C)nn23)c(OC)c1. The molecule has 0 fully saturated rings. The lowest BCUT2D eigenvalue weighted by molar-refractivity contribution is 0.391. The fourth-order valence-corrected chi connectivity index (χ4v) is 3.59. The summed E-state index contributed by atoms with van der Waals surface area (Å²) >= 11 is 3.51. The number of hydrogen-bond acceptors (Lipinski definition) is 8. The van der Waals surface area contributed by atoms with E-state index in [0.717, 1.165) is 32.9 Å². The number of methoxy groups -OCH3 is 2. The van der Waals surface area contributed by atoms with Crippen LogP contribution in [-0.4, -0.2) is 45.1 Å². The van der Waals surface area contributed by atoms with E-state index in [9.17, 15) is 0 Å². The Kier molecular flexibility index (Phi) is 6.40. The highest BCUT2D eigenvalue weighted by atomic mass is 79.9. The van der Waals surface area contributed by atoms with Crippen molar-refractivity contribution in [3.05, 3.63) is 52.6 Å². The molecule has 1 aromatic carbocycles. The summed E-state index contributed by atoms with van der Waals surface area (Å²) in [5.41, 5.74) is 2.39. The van der Waals surface area contributed by atoms with Crippen LogP contribution in [-0.2, 0) is 6.54 Å². The second kappa shape index (κ2) is 9.39. The number of halogens is 1. The molecule has 32 heavy (non-hydrogen) atoms. The van der Waals surface area contributed by atoms with Crippen molar-refractivity contribution in [3.8, 4) is 22.9 Å². The molecule has 0 aliphatic carbocycles. The van der Waals surface area contributed by atoms with Gasteiger partial charge >= 0.3 is 0 Å². The third-order valence-electron chi connectivity index (χ3n) is 4.74. The maximum Gasteiger partial charge on any atom is 0.189 e. The maximum atomic E-state index is 5.51. The Bertz CT molecular complexity index is 1240. The number of pyridine rings is 1. The first-order chi connectivity index (χ1) is 15.5. The van der Waals surface area contributed by atoms with E-state index in [1.165, 1.54) is 0 Å². The van der Waals surface area contributed by atoms with Crippen molar-refractivity contribution >= 4 is 33.2 Å². The lowest BCUT2D eigenvalue weighted by Gasteiger charge is -2.14. The standard InChI is InChI=1S/C22H24BrN7O2/c1-13(2)26-19-7-8-20-27-28-22(30(20)29-19)17-9-15(23)12-25-21(17)24-11-14-5-6-16(31-3)10-18(14)32-4/h5-10,12-13H,11H2,1-4H3,(H,24,25)(H,26,29). The van der Waals surface area contributed by atoms with E-state index >= 15 is 0 Å². The van der Waals surface area contributed by atoms with Crippen molar-refractivity contribution in [2.45, 2.75) is 26.4 Å². The lowest BCUT2D eigenvalue weighted by atomic mass is 10.1. The van der Waals surface area contributed by atoms with Gasteiger partial charge in [-0.15, -0.1) is 15.3 Å². The topological polar surface area (TPSA) is 98.5 Å². The van der Waals surface area contributed by atoms with E-state index in [-0.39, 0.29) is 6.04 Å². The van der Waals surface area contributed by atoms with Crippen LogP contribution in [0.2, 0.25) is 0 Å². The van der Waals surface area contributed by atoms with Crippen LogP contribution in [0.3, 0.4) is 0 Å². The number of aromatic nitrogens is 5. The molecule has 0 aliphatic heterocycles. The molecule has 0 unspecified atom stereocenters. The van der Waals surface area contributed by atoms with Gasteiger partial charge in [-0.3, -0.25) is 0 Å². The van der Waals surface area contributed by atoms with Gasteiger partial charge in [0.2, 0.25) is 0 Å². The Labute approximate surface area is 194 Å². The molecular weight excluding hydrogens is 474 g/mol. The molecule has 0 saturated heterocycles. The summed E-state index contributed by atoms with van der Waals surface area (Å²) in [4.78, 5) is 4.57. The summed E-state index contributed by atoms with van der Waals surface area (Å²) in [6.45, 7) is 4.62. The van der Waals surface area contributed by atoms with Gasteiger partial charge in [-0.05, 0) is 60.1 Å². The zero-order chi connectivity index (χ0) is 22.7. The average Bonchev–Trinajstić information content (AvgIpc) is 3.20. The number of hydrogen-bond donors (Lipinski definition) is 2. The van der Waals surface area contributed by atoms with Crippen LogP contribution in [0.15, 0.2) is 47.1 Å². The number of nitrogens with one attached hydrogen (secondary N) is 2. The van der Waals surface area contributed by atoms with E-state index in [2.05, 4.69) is 60.7 Å². The minimum atomic E-state index is 0.254. The Hall–Kier alpha value is -3.40. The van der Waals surface area contributed by atoms with Gasteiger partial charge in [0.05, 0.1) is 19.8 Å². The van der Waals surface area contributed by atoms with Gasteiger partial charge in [0.25, 0.3) is 0 Å². The van der Waals surface area contributed by atoms with Gasteiger partial charge in [0.1, 0.15) is 23.1 Å². The quantitative estimate of drug-likeness (QED) is 0.369. The van der Waals surface area contributed by atoms with Crippen molar-refractivity contribution in [1.29, 1.82) is 0 Å². The maximum absolute atomic E-state index is 5.51. The van der Waals surface area contributed by atoms with Crippen LogP contribution < -0.4 is 20.1 Å². The third kappa shape index (κ3) is 4.59. The smallest absolute Gasteiger partial charge is 0.189 e. The normalized spacial score (nSPS) is 11.1. The molecule has 0 radical (unpaired) electrons. The minimum absolute atomic E-state index is 0.254. The van der Waals surface area contributed by atoms with Crippen LogP contribution >= 0.6 is 15.9 Å². The number of rotatable bonds is 8. The molecule has 0 saturated carbocycles. The van der Waals surface area contributed by atoms with Crippen LogP contribution in [0.25, 0.3) is 17.0 Å². The van der Waals surface area contributed by atoms with E-state index in [0.29, 0.717) is 23.8 Å². The zero-order valence-electron chi connectivity index (χ0n) is 18.3. The predicted molar refractivity (Wildman–Crippen MR) is 127 cm³/mol. The minimum Gasteiger partial charge on any atom is -0.497 e. The molecule has 0 bridgehead atoms. The van der Waals surface area contributed by atoms with E-state index in [4.69, 9.17) is 9.47 Å². The van der Waals surface area contributed by atoms with Gasteiger partial charge in [0.15, 0.2) is 11.5 Å². The summed E-state index contributed by atoms with van der Waals surface area (Å²) in [6.07, 6.45) is 1.74. The van der Waals surface area contributed by atoms with Crippen molar-refractivity contribution in [2.75, 3.05) is 24.9 Å². The van der Waals surface area contributed by atoms with Gasteiger partial charge in [-0.1, -0.05) is 0 Å². The fourth-order valence-electron chi connectivity index (χ4n) is 3.26. The van der Waals surface area contributed by atoms with Gasteiger partial charge in [-0.25, -0.2) is 4.98 Å². The molecule has 2 N–H and O–H groups in total. The molecule has 3 heterocycles.